The van der Waals surface area contributed by atoms with Crippen molar-refractivity contribution >= 4 is 31.9 Å². The van der Waals surface area contributed by atoms with E-state index in [0.29, 0.717) is 0 Å². The van der Waals surface area contributed by atoms with Crippen molar-refractivity contribution in [1.29, 1.82) is 0 Å². The average Bonchev–Trinajstić information content (AvgIpc) is 2.55. The van der Waals surface area contributed by atoms with Crippen LogP contribution in [0.15, 0.2) is 64.0 Å². The number of benzene rings is 2. The molecule has 0 aliphatic carbocycles. The van der Waals surface area contributed by atoms with Gasteiger partial charge in [-0.2, -0.15) is 4.31 Å². The van der Waals surface area contributed by atoms with Crippen LogP contribution in [0.4, 0.5) is 0 Å². The van der Waals surface area contributed by atoms with Gasteiger partial charge in [-0.1, -0.05) is 46.3 Å². The summed E-state index contributed by atoms with van der Waals surface area (Å²) in [5, 5.41) is 0. The van der Waals surface area contributed by atoms with Crippen molar-refractivity contribution in [3.05, 3.63) is 64.6 Å². The van der Waals surface area contributed by atoms with E-state index in [4.69, 9.17) is 5.84 Å². The summed E-state index contributed by atoms with van der Waals surface area (Å²) in [5.41, 5.74) is 2.74. The highest BCUT2D eigenvalue weighted by atomic mass is 79.9. The van der Waals surface area contributed by atoms with Crippen LogP contribution in [0.2, 0.25) is 0 Å². The summed E-state index contributed by atoms with van der Waals surface area (Å²) in [7, 11) is -3.83. The van der Waals surface area contributed by atoms with Crippen LogP contribution in [-0.2, 0) is 21.4 Å². The summed E-state index contributed by atoms with van der Waals surface area (Å²) >= 11 is 3.27. The number of carbonyl (C=O) groups is 1. The zero-order valence-corrected chi connectivity index (χ0v) is 14.5. The molecule has 0 heterocycles. The molecular weight excluding hydrogens is 382 g/mol. The minimum Gasteiger partial charge on any atom is -0.293 e. The van der Waals surface area contributed by atoms with E-state index in [2.05, 4.69) is 15.9 Å². The molecule has 2 rings (SSSR count). The maximum atomic E-state index is 12.8. The quantitative estimate of drug-likeness (QED) is 0.440. The molecule has 2 aromatic rings. The lowest BCUT2D eigenvalue weighted by Crippen LogP contribution is -2.42. The Labute approximate surface area is 143 Å². The van der Waals surface area contributed by atoms with Gasteiger partial charge in [0.2, 0.25) is 15.9 Å². The van der Waals surface area contributed by atoms with Crippen LogP contribution >= 0.6 is 15.9 Å². The van der Waals surface area contributed by atoms with Gasteiger partial charge in [-0.3, -0.25) is 10.2 Å². The molecule has 23 heavy (non-hydrogen) atoms. The van der Waals surface area contributed by atoms with Gasteiger partial charge in [0, 0.05) is 11.0 Å². The molecule has 0 spiro atoms. The van der Waals surface area contributed by atoms with Gasteiger partial charge < -0.3 is 0 Å². The van der Waals surface area contributed by atoms with E-state index >= 15 is 0 Å². The van der Waals surface area contributed by atoms with Crippen LogP contribution in [0.1, 0.15) is 5.56 Å². The number of hydrogen-bond donors (Lipinski definition) is 2. The molecule has 0 aliphatic heterocycles. The fraction of sp³-hybridized carbons (Fsp3) is 0.133. The van der Waals surface area contributed by atoms with Crippen molar-refractivity contribution in [3.8, 4) is 0 Å². The lowest BCUT2D eigenvalue weighted by molar-refractivity contribution is -0.121. The first-order valence-corrected chi connectivity index (χ1v) is 8.96. The molecule has 8 heteroatoms. The topological polar surface area (TPSA) is 92.5 Å². The smallest absolute Gasteiger partial charge is 0.249 e. The van der Waals surface area contributed by atoms with Crippen LogP contribution in [0, 0.1) is 0 Å². The fourth-order valence-electron chi connectivity index (χ4n) is 1.97. The molecular formula is C15H16BrN3O3S. The molecule has 122 valence electrons. The van der Waals surface area contributed by atoms with Crippen LogP contribution in [0.5, 0.6) is 0 Å². The zero-order chi connectivity index (χ0) is 16.9. The molecule has 0 aromatic heterocycles. The largest absolute Gasteiger partial charge is 0.293 e. The molecule has 3 N–H and O–H groups in total. The molecule has 0 unspecified atom stereocenters. The second-order valence-corrected chi connectivity index (χ2v) is 7.63. The maximum absolute atomic E-state index is 12.8. The Balaban J connectivity index is 2.35. The second kappa shape index (κ2) is 7.69. The highest BCUT2D eigenvalue weighted by Crippen LogP contribution is 2.20. The molecule has 0 saturated heterocycles. The lowest BCUT2D eigenvalue weighted by atomic mass is 10.2. The monoisotopic (exact) mass is 397 g/mol. The molecule has 2 aromatic carbocycles. The van der Waals surface area contributed by atoms with Crippen LogP contribution in [-0.4, -0.2) is 25.2 Å². The summed E-state index contributed by atoms with van der Waals surface area (Å²) in [5.74, 6) is 4.51. The standard InChI is InChI=1S/C15H16BrN3O3S/c16-13-6-8-14(9-7-13)23(21,22)19(11-15(20)18-17)10-12-4-2-1-3-5-12/h1-9H,10-11,17H2,(H,18,20). The van der Waals surface area contributed by atoms with Crippen molar-refractivity contribution in [2.24, 2.45) is 5.84 Å². The van der Waals surface area contributed by atoms with E-state index in [1.54, 1.807) is 24.3 Å². The van der Waals surface area contributed by atoms with Crippen LogP contribution in [0.25, 0.3) is 0 Å². The molecule has 0 saturated carbocycles. The van der Waals surface area contributed by atoms with E-state index < -0.39 is 15.9 Å². The Morgan fingerprint density at radius 1 is 1.09 bits per heavy atom. The van der Waals surface area contributed by atoms with Gasteiger partial charge in [-0.05, 0) is 29.8 Å². The highest BCUT2D eigenvalue weighted by molar-refractivity contribution is 9.10. The summed E-state index contributed by atoms with van der Waals surface area (Å²) in [6, 6.07) is 15.3. The van der Waals surface area contributed by atoms with E-state index in [1.165, 1.54) is 12.1 Å². The fourth-order valence-corrected chi connectivity index (χ4v) is 3.62. The number of hydrazine groups is 1. The van der Waals surface area contributed by atoms with Crippen molar-refractivity contribution < 1.29 is 13.2 Å². The van der Waals surface area contributed by atoms with Crippen LogP contribution in [0.3, 0.4) is 0 Å². The van der Waals surface area contributed by atoms with Gasteiger partial charge in [-0.25, -0.2) is 14.3 Å². The Morgan fingerprint density at radius 3 is 2.26 bits per heavy atom. The van der Waals surface area contributed by atoms with Crippen molar-refractivity contribution in [2.75, 3.05) is 6.54 Å². The first-order chi connectivity index (χ1) is 10.9. The number of amides is 1. The first-order valence-electron chi connectivity index (χ1n) is 6.72. The van der Waals surface area contributed by atoms with E-state index in [-0.39, 0.29) is 18.0 Å². The van der Waals surface area contributed by atoms with Crippen molar-refractivity contribution in [1.82, 2.24) is 9.73 Å². The number of carbonyl (C=O) groups excluding carboxylic acids is 1. The SMILES string of the molecule is NNC(=O)CN(Cc1ccccc1)S(=O)(=O)c1ccc(Br)cc1. The summed E-state index contributed by atoms with van der Waals surface area (Å²) < 4.78 is 27.4. The van der Waals surface area contributed by atoms with E-state index in [9.17, 15) is 13.2 Å². The van der Waals surface area contributed by atoms with Crippen LogP contribution < -0.4 is 11.3 Å². The normalized spacial score (nSPS) is 11.4. The first kappa shape index (κ1) is 17.6. The summed E-state index contributed by atoms with van der Waals surface area (Å²) in [6.45, 7) is -0.281. The summed E-state index contributed by atoms with van der Waals surface area (Å²) in [4.78, 5) is 11.7. The van der Waals surface area contributed by atoms with Gasteiger partial charge in [-0.15, -0.1) is 0 Å². The number of hydrogen-bond acceptors (Lipinski definition) is 4. The molecule has 6 nitrogen and oxygen atoms in total. The highest BCUT2D eigenvalue weighted by Gasteiger charge is 2.26. The van der Waals surface area contributed by atoms with Crippen molar-refractivity contribution in [2.45, 2.75) is 11.4 Å². The number of sulfonamides is 1. The van der Waals surface area contributed by atoms with Gasteiger partial charge in [0.05, 0.1) is 11.4 Å². The Kier molecular flexibility index (Phi) is 5.89. The third-order valence-corrected chi connectivity index (χ3v) is 5.47. The molecule has 0 radical (unpaired) electrons. The number of rotatable bonds is 6. The van der Waals surface area contributed by atoms with Gasteiger partial charge in [0.25, 0.3) is 0 Å². The summed E-state index contributed by atoms with van der Waals surface area (Å²) in [6.07, 6.45) is 0. The molecule has 1 amide bonds. The van der Waals surface area contributed by atoms with E-state index in [0.717, 1.165) is 14.3 Å². The zero-order valence-electron chi connectivity index (χ0n) is 12.1. The Bertz CT molecular complexity index is 764. The lowest BCUT2D eigenvalue weighted by Gasteiger charge is -2.21. The number of halogens is 1. The predicted octanol–water partition coefficient (Wildman–Crippen LogP) is 1.63. The Hall–Kier alpha value is -1.74. The van der Waals surface area contributed by atoms with Gasteiger partial charge in [0.1, 0.15) is 0 Å². The number of nitrogens with one attached hydrogen (secondary N) is 1. The molecule has 0 fully saturated rings. The molecule has 0 atom stereocenters. The Morgan fingerprint density at radius 2 is 1.70 bits per heavy atom. The number of nitrogens with zero attached hydrogens (tertiary/aromatic N) is 1. The van der Waals surface area contributed by atoms with E-state index in [1.807, 2.05) is 23.6 Å². The predicted molar refractivity (Wildman–Crippen MR) is 90.5 cm³/mol. The third kappa shape index (κ3) is 4.61. The van der Waals surface area contributed by atoms with Crippen molar-refractivity contribution in [3.63, 3.8) is 0 Å². The second-order valence-electron chi connectivity index (χ2n) is 4.78. The number of nitrogens with two attached hydrogens (primary N) is 1. The third-order valence-electron chi connectivity index (χ3n) is 3.13. The van der Waals surface area contributed by atoms with Gasteiger partial charge in [0.15, 0.2) is 0 Å². The molecule has 0 bridgehead atoms. The maximum Gasteiger partial charge on any atom is 0.249 e. The minimum absolute atomic E-state index is 0.0760. The molecule has 0 aliphatic rings. The minimum atomic E-state index is -3.83. The average molecular weight is 398 g/mol. The van der Waals surface area contributed by atoms with Gasteiger partial charge >= 0.3 is 0 Å².